The molecular formula is C28H33N3O4. The van der Waals surface area contributed by atoms with Crippen molar-refractivity contribution in [1.82, 2.24) is 15.5 Å². The average molecular weight is 476 g/mol. The Balaban J connectivity index is 1.90. The Hall–Kier alpha value is -3.79. The molecule has 1 aliphatic rings. The Kier molecular flexibility index (Phi) is 8.18. The highest BCUT2D eigenvalue weighted by atomic mass is 16.6. The normalized spacial score (nSPS) is 14.7. The highest BCUT2D eigenvalue weighted by molar-refractivity contribution is 5.92. The third kappa shape index (κ3) is 7.10. The molecule has 0 spiro atoms. The number of rotatable bonds is 8. The molecule has 3 amide bonds. The van der Waals surface area contributed by atoms with Crippen LogP contribution in [0.5, 0.6) is 0 Å². The topological polar surface area (TPSA) is 87.7 Å². The maximum atomic E-state index is 13.6. The van der Waals surface area contributed by atoms with Gasteiger partial charge in [-0.1, -0.05) is 54.5 Å². The fourth-order valence-corrected chi connectivity index (χ4v) is 3.81. The Morgan fingerprint density at radius 1 is 1.09 bits per heavy atom. The number of amides is 3. The highest BCUT2D eigenvalue weighted by Crippen LogP contribution is 2.36. The van der Waals surface area contributed by atoms with E-state index in [0.717, 1.165) is 18.4 Å². The van der Waals surface area contributed by atoms with Gasteiger partial charge in [0.05, 0.1) is 0 Å². The van der Waals surface area contributed by atoms with E-state index in [1.165, 1.54) is 0 Å². The lowest BCUT2D eigenvalue weighted by Gasteiger charge is -2.34. The van der Waals surface area contributed by atoms with Gasteiger partial charge in [-0.05, 0) is 57.7 Å². The van der Waals surface area contributed by atoms with E-state index < -0.39 is 23.8 Å². The summed E-state index contributed by atoms with van der Waals surface area (Å²) < 4.78 is 5.30. The number of ether oxygens (including phenoxy) is 1. The van der Waals surface area contributed by atoms with Gasteiger partial charge < -0.3 is 20.3 Å². The van der Waals surface area contributed by atoms with E-state index in [2.05, 4.69) is 16.6 Å². The van der Waals surface area contributed by atoms with Crippen molar-refractivity contribution >= 4 is 17.9 Å². The van der Waals surface area contributed by atoms with Gasteiger partial charge in [0.1, 0.15) is 17.7 Å². The second-order valence-corrected chi connectivity index (χ2v) is 9.68. The molecule has 1 aliphatic carbocycles. The van der Waals surface area contributed by atoms with E-state index in [1.807, 2.05) is 30.3 Å². The monoisotopic (exact) mass is 475 g/mol. The van der Waals surface area contributed by atoms with Crippen LogP contribution < -0.4 is 10.6 Å². The first-order valence-electron chi connectivity index (χ1n) is 11.8. The van der Waals surface area contributed by atoms with E-state index in [9.17, 15) is 14.4 Å². The average Bonchev–Trinajstić information content (AvgIpc) is 3.65. The predicted molar refractivity (Wildman–Crippen MR) is 134 cm³/mol. The molecule has 0 bridgehead atoms. The maximum Gasteiger partial charge on any atom is 0.408 e. The molecule has 0 aromatic heterocycles. The van der Waals surface area contributed by atoms with E-state index in [0.29, 0.717) is 17.7 Å². The lowest BCUT2D eigenvalue weighted by atomic mass is 9.97. The van der Waals surface area contributed by atoms with Crippen molar-refractivity contribution in [2.45, 2.75) is 70.8 Å². The number of nitrogens with one attached hydrogen (secondary N) is 2. The summed E-state index contributed by atoms with van der Waals surface area (Å²) in [4.78, 5) is 41.1. The molecule has 1 fully saturated rings. The molecule has 2 N–H and O–H groups in total. The SMILES string of the molecule is C#Cc1ccccc1C(C(=O)NCc1ccccc1)N(C(=O)C(C)NC(=O)OC(C)(C)C)C1CC1. The number of carbonyl (C=O) groups excluding carboxylic acids is 3. The molecule has 0 radical (unpaired) electrons. The molecule has 7 nitrogen and oxygen atoms in total. The highest BCUT2D eigenvalue weighted by Gasteiger charge is 2.43. The summed E-state index contributed by atoms with van der Waals surface area (Å²) in [6.45, 7) is 7.15. The van der Waals surface area contributed by atoms with E-state index >= 15 is 0 Å². The third-order valence-corrected chi connectivity index (χ3v) is 5.55. The van der Waals surface area contributed by atoms with E-state index in [4.69, 9.17) is 11.2 Å². The number of terminal acetylenes is 1. The molecule has 1 saturated carbocycles. The first kappa shape index (κ1) is 25.8. The second-order valence-electron chi connectivity index (χ2n) is 9.68. The molecule has 3 rings (SSSR count). The van der Waals surface area contributed by atoms with Gasteiger partial charge in [0.25, 0.3) is 0 Å². The molecule has 2 aromatic rings. The summed E-state index contributed by atoms with van der Waals surface area (Å²) >= 11 is 0. The van der Waals surface area contributed by atoms with Gasteiger partial charge in [-0.25, -0.2) is 4.79 Å². The lowest BCUT2D eigenvalue weighted by Crippen LogP contribution is -2.52. The van der Waals surface area contributed by atoms with Gasteiger partial charge in [0.2, 0.25) is 11.8 Å². The minimum atomic E-state index is -0.936. The first-order valence-corrected chi connectivity index (χ1v) is 11.8. The van der Waals surface area contributed by atoms with Crippen molar-refractivity contribution in [3.05, 3.63) is 71.3 Å². The molecule has 184 valence electrons. The Bertz CT molecular complexity index is 1100. The first-order chi connectivity index (χ1) is 16.6. The zero-order chi connectivity index (χ0) is 25.6. The third-order valence-electron chi connectivity index (χ3n) is 5.55. The molecule has 2 aromatic carbocycles. The van der Waals surface area contributed by atoms with Gasteiger partial charge >= 0.3 is 6.09 Å². The fourth-order valence-electron chi connectivity index (χ4n) is 3.81. The van der Waals surface area contributed by atoms with Crippen molar-refractivity contribution in [2.75, 3.05) is 0 Å². The fraction of sp³-hybridized carbons (Fsp3) is 0.393. The summed E-state index contributed by atoms with van der Waals surface area (Å²) in [5.41, 5.74) is 1.35. The molecule has 0 aliphatic heterocycles. The van der Waals surface area contributed by atoms with Gasteiger partial charge in [0, 0.05) is 18.2 Å². The smallest absolute Gasteiger partial charge is 0.408 e. The molecule has 0 heterocycles. The summed E-state index contributed by atoms with van der Waals surface area (Å²) in [6.07, 6.45) is 6.59. The van der Waals surface area contributed by atoms with Crippen LogP contribution in [0.25, 0.3) is 0 Å². The number of alkyl carbamates (subject to hydrolysis) is 1. The number of hydrogen-bond acceptors (Lipinski definition) is 4. The zero-order valence-electron chi connectivity index (χ0n) is 20.7. The van der Waals surface area contributed by atoms with Gasteiger partial charge in [-0.3, -0.25) is 9.59 Å². The van der Waals surface area contributed by atoms with Crippen LogP contribution in [0.3, 0.4) is 0 Å². The Morgan fingerprint density at radius 2 is 1.71 bits per heavy atom. The summed E-state index contributed by atoms with van der Waals surface area (Å²) in [7, 11) is 0. The minimum absolute atomic E-state index is 0.122. The lowest BCUT2D eigenvalue weighted by molar-refractivity contribution is -0.143. The molecule has 0 saturated heterocycles. The predicted octanol–water partition coefficient (Wildman–Crippen LogP) is 3.93. The summed E-state index contributed by atoms with van der Waals surface area (Å²) in [5.74, 6) is 1.93. The number of hydrogen-bond donors (Lipinski definition) is 2. The molecule has 35 heavy (non-hydrogen) atoms. The van der Waals surface area contributed by atoms with Crippen molar-refractivity contribution < 1.29 is 19.1 Å². The summed E-state index contributed by atoms with van der Waals surface area (Å²) in [6, 6.07) is 14.7. The molecule has 7 heteroatoms. The standard InChI is InChI=1S/C28H33N3O4/c1-6-21-14-10-11-15-23(21)24(25(32)29-18-20-12-8-7-9-13-20)31(22-16-17-22)26(33)19(2)30-27(34)35-28(3,4)5/h1,7-15,19,22,24H,16-18H2,2-5H3,(H,29,32)(H,30,34). The number of benzene rings is 2. The van der Waals surface area contributed by atoms with Crippen molar-refractivity contribution in [3.8, 4) is 12.3 Å². The van der Waals surface area contributed by atoms with E-state index in [-0.39, 0.29) is 17.9 Å². The maximum absolute atomic E-state index is 13.6. The van der Waals surface area contributed by atoms with Crippen molar-refractivity contribution in [3.63, 3.8) is 0 Å². The van der Waals surface area contributed by atoms with Crippen LogP contribution in [0.1, 0.15) is 63.3 Å². The van der Waals surface area contributed by atoms with Gasteiger partial charge in [-0.15, -0.1) is 6.42 Å². The van der Waals surface area contributed by atoms with Crippen LogP contribution in [0.2, 0.25) is 0 Å². The van der Waals surface area contributed by atoms with Crippen LogP contribution in [0.4, 0.5) is 4.79 Å². The van der Waals surface area contributed by atoms with Crippen LogP contribution in [-0.2, 0) is 20.9 Å². The van der Waals surface area contributed by atoms with Gasteiger partial charge in [0.15, 0.2) is 0 Å². The minimum Gasteiger partial charge on any atom is -0.444 e. The van der Waals surface area contributed by atoms with Crippen LogP contribution >= 0.6 is 0 Å². The molecular weight excluding hydrogens is 442 g/mol. The van der Waals surface area contributed by atoms with Crippen LogP contribution in [0, 0.1) is 12.3 Å². The summed E-state index contributed by atoms with van der Waals surface area (Å²) in [5, 5.41) is 5.57. The van der Waals surface area contributed by atoms with Crippen molar-refractivity contribution in [2.24, 2.45) is 0 Å². The number of carbonyl (C=O) groups is 3. The van der Waals surface area contributed by atoms with Crippen LogP contribution in [0.15, 0.2) is 54.6 Å². The molecule has 2 atom stereocenters. The zero-order valence-corrected chi connectivity index (χ0v) is 20.7. The quantitative estimate of drug-likeness (QED) is 0.567. The second kappa shape index (κ2) is 11.1. The van der Waals surface area contributed by atoms with Crippen LogP contribution in [-0.4, -0.2) is 40.5 Å². The van der Waals surface area contributed by atoms with Gasteiger partial charge in [-0.2, -0.15) is 0 Å². The Morgan fingerprint density at radius 3 is 2.31 bits per heavy atom. The molecule has 2 unspecified atom stereocenters. The van der Waals surface area contributed by atoms with E-state index in [1.54, 1.807) is 56.9 Å². The largest absolute Gasteiger partial charge is 0.444 e. The Labute approximate surface area is 207 Å². The number of nitrogens with zero attached hydrogens (tertiary/aromatic N) is 1. The van der Waals surface area contributed by atoms with Crippen molar-refractivity contribution in [1.29, 1.82) is 0 Å².